The van der Waals surface area contributed by atoms with Crippen LogP contribution in [0.15, 0.2) is 93.2 Å². The van der Waals surface area contributed by atoms with Gasteiger partial charge < -0.3 is 9.73 Å². The third kappa shape index (κ3) is 4.39. The molecule has 4 aromatic rings. The Bertz CT molecular complexity index is 1280. The normalized spacial score (nSPS) is 12.5. The van der Waals surface area contributed by atoms with Crippen LogP contribution in [0.5, 0.6) is 0 Å². The first-order chi connectivity index (χ1) is 14.8. The summed E-state index contributed by atoms with van der Waals surface area (Å²) in [4.78, 5) is 4.59. The molecule has 0 saturated heterocycles. The van der Waals surface area contributed by atoms with Crippen LogP contribution in [0.3, 0.4) is 0 Å². The summed E-state index contributed by atoms with van der Waals surface area (Å²) in [6, 6.07) is 23.9. The fourth-order valence-electron chi connectivity index (χ4n) is 3.25. The zero-order valence-corrected chi connectivity index (χ0v) is 18.5. The van der Waals surface area contributed by atoms with Crippen molar-refractivity contribution < 1.29 is 12.8 Å². The van der Waals surface area contributed by atoms with Gasteiger partial charge in [0, 0.05) is 5.56 Å². The predicted molar refractivity (Wildman–Crippen MR) is 122 cm³/mol. The lowest BCUT2D eigenvalue weighted by Gasteiger charge is -2.14. The Morgan fingerprint density at radius 1 is 0.839 bits per heavy atom. The highest BCUT2D eigenvalue weighted by Gasteiger charge is 2.29. The number of hydrogen-bond acceptors (Lipinski definition) is 5. The van der Waals surface area contributed by atoms with Crippen LogP contribution in [-0.4, -0.2) is 13.4 Å². The fraction of sp³-hybridized carbons (Fsp3) is 0.160. The smallest absolute Gasteiger partial charge is 0.234 e. The van der Waals surface area contributed by atoms with Crippen molar-refractivity contribution >= 4 is 15.7 Å². The van der Waals surface area contributed by atoms with E-state index in [0.717, 1.165) is 16.7 Å². The second kappa shape index (κ2) is 8.40. The zero-order valence-electron chi connectivity index (χ0n) is 17.7. The second-order valence-electron chi connectivity index (χ2n) is 7.61. The van der Waals surface area contributed by atoms with Gasteiger partial charge in [0.2, 0.25) is 26.6 Å². The first-order valence-electron chi connectivity index (χ1n) is 10.1. The molecular formula is C25H24N2O3S. The van der Waals surface area contributed by atoms with Gasteiger partial charge in [-0.15, -0.1) is 0 Å². The lowest BCUT2D eigenvalue weighted by molar-refractivity contribution is 0.570. The van der Waals surface area contributed by atoms with E-state index >= 15 is 0 Å². The number of nitrogens with one attached hydrogen (secondary N) is 1. The minimum Gasteiger partial charge on any atom is -0.419 e. The summed E-state index contributed by atoms with van der Waals surface area (Å²) in [5.41, 5.74) is 3.80. The van der Waals surface area contributed by atoms with Gasteiger partial charge in [-0.1, -0.05) is 65.7 Å². The average molecular weight is 433 g/mol. The maximum Gasteiger partial charge on any atom is 0.234 e. The Kier molecular flexibility index (Phi) is 5.65. The summed E-state index contributed by atoms with van der Waals surface area (Å²) in [5, 5.41) is 3.09. The van der Waals surface area contributed by atoms with Gasteiger partial charge in [0.05, 0.1) is 10.9 Å². The third-order valence-electron chi connectivity index (χ3n) is 5.13. The highest BCUT2D eigenvalue weighted by Crippen LogP contribution is 2.34. The monoisotopic (exact) mass is 432 g/mol. The topological polar surface area (TPSA) is 72.2 Å². The summed E-state index contributed by atoms with van der Waals surface area (Å²) >= 11 is 0. The maximum atomic E-state index is 13.4. The van der Waals surface area contributed by atoms with Gasteiger partial charge >= 0.3 is 0 Å². The molecule has 0 aliphatic rings. The average Bonchev–Trinajstić information content (AvgIpc) is 3.20. The highest BCUT2D eigenvalue weighted by atomic mass is 32.2. The van der Waals surface area contributed by atoms with Gasteiger partial charge in [0.25, 0.3) is 0 Å². The molecule has 1 heterocycles. The standard InChI is InChI=1S/C25H24N2O3S/c1-17-9-13-21(14-10-17)23-27-25(31(28,29)22-15-11-18(2)12-16-22)24(30-23)26-19(3)20-7-5-4-6-8-20/h4-16,19,26H,1-3H3. The molecule has 0 spiro atoms. The van der Waals surface area contributed by atoms with Gasteiger partial charge in [-0.2, -0.15) is 4.98 Å². The molecule has 1 N–H and O–H groups in total. The largest absolute Gasteiger partial charge is 0.419 e. The molecule has 4 rings (SSSR count). The van der Waals surface area contributed by atoms with Crippen molar-refractivity contribution in [1.29, 1.82) is 0 Å². The van der Waals surface area contributed by atoms with E-state index in [1.165, 1.54) is 0 Å². The molecule has 6 heteroatoms. The number of rotatable bonds is 6. The number of aryl methyl sites for hydroxylation is 2. The van der Waals surface area contributed by atoms with Crippen molar-refractivity contribution in [3.05, 3.63) is 95.6 Å². The fourth-order valence-corrected chi connectivity index (χ4v) is 4.52. The van der Waals surface area contributed by atoms with Crippen LogP contribution in [0.25, 0.3) is 11.5 Å². The summed E-state index contributed by atoms with van der Waals surface area (Å²) in [6.45, 7) is 5.85. The summed E-state index contributed by atoms with van der Waals surface area (Å²) < 4.78 is 32.8. The Hall–Kier alpha value is -3.38. The van der Waals surface area contributed by atoms with Crippen LogP contribution in [0.4, 0.5) is 5.88 Å². The number of nitrogens with zero attached hydrogens (tertiary/aromatic N) is 1. The van der Waals surface area contributed by atoms with Crippen LogP contribution in [-0.2, 0) is 9.84 Å². The van der Waals surface area contributed by atoms with Gasteiger partial charge in [0.15, 0.2) is 0 Å². The van der Waals surface area contributed by atoms with Gasteiger partial charge in [-0.25, -0.2) is 8.42 Å². The lowest BCUT2D eigenvalue weighted by Crippen LogP contribution is -2.10. The Morgan fingerprint density at radius 2 is 1.42 bits per heavy atom. The van der Waals surface area contributed by atoms with E-state index in [1.807, 2.05) is 75.4 Å². The van der Waals surface area contributed by atoms with E-state index in [9.17, 15) is 8.42 Å². The predicted octanol–water partition coefficient (Wildman–Crippen LogP) is 5.96. The van der Waals surface area contributed by atoms with E-state index in [4.69, 9.17) is 4.42 Å². The van der Waals surface area contributed by atoms with Crippen molar-refractivity contribution in [3.8, 4) is 11.5 Å². The molecule has 0 aliphatic carbocycles. The molecule has 0 fully saturated rings. The second-order valence-corrected chi connectivity index (χ2v) is 9.48. The van der Waals surface area contributed by atoms with Gasteiger partial charge in [0.1, 0.15) is 0 Å². The first kappa shape index (κ1) is 20.9. The number of aromatic nitrogens is 1. The Morgan fingerprint density at radius 3 is 2.03 bits per heavy atom. The third-order valence-corrected chi connectivity index (χ3v) is 6.81. The molecule has 3 aromatic carbocycles. The zero-order chi connectivity index (χ0) is 22.0. The van der Waals surface area contributed by atoms with E-state index in [2.05, 4.69) is 10.3 Å². The number of hydrogen-bond donors (Lipinski definition) is 1. The molecule has 0 saturated carbocycles. The van der Waals surface area contributed by atoms with Crippen molar-refractivity contribution in [2.45, 2.75) is 36.7 Å². The van der Waals surface area contributed by atoms with Crippen LogP contribution < -0.4 is 5.32 Å². The molecule has 0 radical (unpaired) electrons. The van der Waals surface area contributed by atoms with Crippen LogP contribution >= 0.6 is 0 Å². The SMILES string of the molecule is Cc1ccc(-c2nc(S(=O)(=O)c3ccc(C)cc3)c(NC(C)c3ccccc3)o2)cc1. The van der Waals surface area contributed by atoms with Crippen molar-refractivity contribution in [2.24, 2.45) is 0 Å². The lowest BCUT2D eigenvalue weighted by atomic mass is 10.1. The van der Waals surface area contributed by atoms with Crippen molar-refractivity contribution in [2.75, 3.05) is 5.32 Å². The van der Waals surface area contributed by atoms with Crippen LogP contribution in [0.2, 0.25) is 0 Å². The van der Waals surface area contributed by atoms with Crippen molar-refractivity contribution in [1.82, 2.24) is 4.98 Å². The molecule has 0 amide bonds. The first-order valence-corrected chi connectivity index (χ1v) is 11.5. The van der Waals surface area contributed by atoms with E-state index in [-0.39, 0.29) is 27.7 Å². The van der Waals surface area contributed by atoms with Gasteiger partial charge in [-0.05, 0) is 50.6 Å². The minimum atomic E-state index is -3.88. The number of anilines is 1. The van der Waals surface area contributed by atoms with Crippen LogP contribution in [0, 0.1) is 13.8 Å². The highest BCUT2D eigenvalue weighted by molar-refractivity contribution is 7.91. The summed E-state index contributed by atoms with van der Waals surface area (Å²) in [7, 11) is -3.88. The maximum absolute atomic E-state index is 13.4. The Balaban J connectivity index is 1.80. The summed E-state index contributed by atoms with van der Waals surface area (Å²) in [5.74, 6) is 0.390. The molecule has 1 atom stereocenters. The van der Waals surface area contributed by atoms with Crippen LogP contribution in [0.1, 0.15) is 29.7 Å². The molecule has 31 heavy (non-hydrogen) atoms. The van der Waals surface area contributed by atoms with E-state index < -0.39 is 9.84 Å². The molecule has 158 valence electrons. The quantitative estimate of drug-likeness (QED) is 0.407. The number of benzene rings is 3. The minimum absolute atomic E-state index is 0.116. The molecule has 1 unspecified atom stereocenters. The Labute approximate surface area is 182 Å². The molecular weight excluding hydrogens is 408 g/mol. The molecule has 1 aromatic heterocycles. The molecule has 5 nitrogen and oxygen atoms in total. The molecule has 0 bridgehead atoms. The van der Waals surface area contributed by atoms with E-state index in [0.29, 0.717) is 5.56 Å². The summed E-state index contributed by atoms with van der Waals surface area (Å²) in [6.07, 6.45) is 0. The number of sulfone groups is 1. The van der Waals surface area contributed by atoms with E-state index in [1.54, 1.807) is 24.3 Å². The van der Waals surface area contributed by atoms with Gasteiger partial charge in [-0.3, -0.25) is 0 Å². The number of oxazole rings is 1. The van der Waals surface area contributed by atoms with Crippen molar-refractivity contribution in [3.63, 3.8) is 0 Å². The molecule has 0 aliphatic heterocycles.